The molecule has 1 atom stereocenters. The van der Waals surface area contributed by atoms with Gasteiger partial charge in [-0.05, 0) is 18.6 Å². The van der Waals surface area contributed by atoms with Gasteiger partial charge in [0.05, 0.1) is 11.0 Å². The third kappa shape index (κ3) is 2.36. The molecule has 0 bridgehead atoms. The Morgan fingerprint density at radius 2 is 2.25 bits per heavy atom. The van der Waals surface area contributed by atoms with Gasteiger partial charge in [0, 0.05) is 25.9 Å². The molecule has 1 aliphatic heterocycles. The third-order valence-corrected chi connectivity index (χ3v) is 3.66. The average Bonchev–Trinajstić information content (AvgIpc) is 2.83. The van der Waals surface area contributed by atoms with E-state index >= 15 is 0 Å². The molecule has 2 heterocycles. The number of amides is 2. The van der Waals surface area contributed by atoms with E-state index in [1.54, 1.807) is 11.9 Å². The molecule has 1 saturated heterocycles. The van der Waals surface area contributed by atoms with Crippen LogP contribution in [0.5, 0.6) is 0 Å². The lowest BCUT2D eigenvalue weighted by Gasteiger charge is -2.27. The number of nitrogens with one attached hydrogen (secondary N) is 2. The van der Waals surface area contributed by atoms with Crippen LogP contribution in [-0.2, 0) is 9.59 Å². The van der Waals surface area contributed by atoms with E-state index in [0.29, 0.717) is 18.9 Å². The highest BCUT2D eigenvalue weighted by atomic mass is 16.2. The number of benzene rings is 1. The SMILES string of the molecule is CN1CC[C@H](C(=O)Nc2nc3ccccc3[nH]2)CC1=O. The number of para-hydroxylation sites is 2. The summed E-state index contributed by atoms with van der Waals surface area (Å²) in [5, 5.41) is 2.76. The van der Waals surface area contributed by atoms with Crippen LogP contribution in [-0.4, -0.2) is 40.3 Å². The van der Waals surface area contributed by atoms with Crippen LogP contribution < -0.4 is 5.32 Å². The number of hydrogen-bond donors (Lipinski definition) is 2. The highest BCUT2D eigenvalue weighted by Crippen LogP contribution is 2.20. The largest absolute Gasteiger partial charge is 0.346 e. The number of hydrogen-bond acceptors (Lipinski definition) is 3. The molecule has 0 unspecified atom stereocenters. The summed E-state index contributed by atoms with van der Waals surface area (Å²) >= 11 is 0. The van der Waals surface area contributed by atoms with Gasteiger partial charge in [-0.25, -0.2) is 4.98 Å². The first kappa shape index (κ1) is 12.7. The minimum Gasteiger partial charge on any atom is -0.346 e. The third-order valence-electron chi connectivity index (χ3n) is 3.66. The van der Waals surface area contributed by atoms with Crippen LogP contribution >= 0.6 is 0 Å². The van der Waals surface area contributed by atoms with Gasteiger partial charge in [0.2, 0.25) is 17.8 Å². The summed E-state index contributed by atoms with van der Waals surface area (Å²) in [6, 6.07) is 7.57. The first-order valence-corrected chi connectivity index (χ1v) is 6.63. The maximum Gasteiger partial charge on any atom is 0.230 e. The summed E-state index contributed by atoms with van der Waals surface area (Å²) in [5.41, 5.74) is 1.68. The fraction of sp³-hybridized carbons (Fsp3) is 0.357. The van der Waals surface area contributed by atoms with E-state index in [9.17, 15) is 9.59 Å². The summed E-state index contributed by atoms with van der Waals surface area (Å²) in [7, 11) is 1.76. The van der Waals surface area contributed by atoms with Crippen LogP contribution in [0.2, 0.25) is 0 Å². The zero-order valence-corrected chi connectivity index (χ0v) is 11.2. The first-order chi connectivity index (χ1) is 9.63. The van der Waals surface area contributed by atoms with Gasteiger partial charge in [-0.15, -0.1) is 0 Å². The molecule has 0 saturated carbocycles. The van der Waals surface area contributed by atoms with Crippen molar-refractivity contribution in [1.82, 2.24) is 14.9 Å². The molecular weight excluding hydrogens is 256 g/mol. The fourth-order valence-corrected chi connectivity index (χ4v) is 2.40. The minimum atomic E-state index is -0.271. The van der Waals surface area contributed by atoms with Gasteiger partial charge in [-0.1, -0.05) is 12.1 Å². The molecule has 2 N–H and O–H groups in total. The van der Waals surface area contributed by atoms with Crippen LogP contribution in [0.4, 0.5) is 5.95 Å². The molecule has 3 rings (SSSR count). The Bertz CT molecular complexity index is 631. The number of rotatable bonds is 2. The highest BCUT2D eigenvalue weighted by Gasteiger charge is 2.28. The quantitative estimate of drug-likeness (QED) is 0.866. The second-order valence-electron chi connectivity index (χ2n) is 5.10. The lowest BCUT2D eigenvalue weighted by Crippen LogP contribution is -2.40. The predicted molar refractivity (Wildman–Crippen MR) is 75.1 cm³/mol. The van der Waals surface area contributed by atoms with Crippen LogP contribution in [0, 0.1) is 5.92 Å². The van der Waals surface area contributed by atoms with Crippen LogP contribution in [0.1, 0.15) is 12.8 Å². The van der Waals surface area contributed by atoms with Crippen LogP contribution in [0.3, 0.4) is 0 Å². The number of likely N-dealkylation sites (tertiary alicyclic amines) is 1. The van der Waals surface area contributed by atoms with Crippen molar-refractivity contribution in [2.75, 3.05) is 18.9 Å². The number of imidazole rings is 1. The Balaban J connectivity index is 1.71. The van der Waals surface area contributed by atoms with Gasteiger partial charge < -0.3 is 9.88 Å². The number of nitrogens with zero attached hydrogens (tertiary/aromatic N) is 2. The van der Waals surface area contributed by atoms with Crippen molar-refractivity contribution in [1.29, 1.82) is 0 Å². The molecule has 1 fully saturated rings. The van der Waals surface area contributed by atoms with Gasteiger partial charge in [0.25, 0.3) is 0 Å². The minimum absolute atomic E-state index is 0.0148. The molecule has 0 aliphatic carbocycles. The lowest BCUT2D eigenvalue weighted by atomic mass is 9.96. The molecule has 0 radical (unpaired) electrons. The van der Waals surface area contributed by atoms with Crippen LogP contribution in [0.25, 0.3) is 11.0 Å². The number of carbonyl (C=O) groups excluding carboxylic acids is 2. The zero-order chi connectivity index (χ0) is 14.1. The number of aromatic amines is 1. The Kier molecular flexibility index (Phi) is 3.14. The standard InChI is InChI=1S/C14H16N4O2/c1-18-7-6-9(8-12(18)19)13(20)17-14-15-10-4-2-3-5-11(10)16-14/h2-5,9H,6-8H2,1H3,(H2,15,16,17,20)/t9-/m0/s1. The maximum atomic E-state index is 12.2. The van der Waals surface area contributed by atoms with E-state index in [1.807, 2.05) is 24.3 Å². The van der Waals surface area contributed by atoms with Crippen molar-refractivity contribution >= 4 is 28.8 Å². The molecular formula is C14H16N4O2. The second kappa shape index (κ2) is 4.96. The molecule has 2 amide bonds. The molecule has 6 heteroatoms. The number of H-pyrrole nitrogens is 1. The highest BCUT2D eigenvalue weighted by molar-refractivity contribution is 5.95. The molecule has 1 aromatic heterocycles. The van der Waals surface area contributed by atoms with Gasteiger partial charge in [-0.2, -0.15) is 0 Å². The van der Waals surface area contributed by atoms with E-state index in [1.165, 1.54) is 0 Å². The van der Waals surface area contributed by atoms with Crippen molar-refractivity contribution in [3.63, 3.8) is 0 Å². The number of fused-ring (bicyclic) bond motifs is 1. The normalized spacial score (nSPS) is 19.4. The summed E-state index contributed by atoms with van der Waals surface area (Å²) in [4.78, 5) is 32.8. The number of piperidine rings is 1. The molecule has 1 aliphatic rings. The predicted octanol–water partition coefficient (Wildman–Crippen LogP) is 1.37. The number of anilines is 1. The molecule has 20 heavy (non-hydrogen) atoms. The van der Waals surface area contributed by atoms with Crippen molar-refractivity contribution in [2.24, 2.45) is 5.92 Å². The summed E-state index contributed by atoms with van der Waals surface area (Å²) in [5.74, 6) is 0.0287. The van der Waals surface area contributed by atoms with Crippen molar-refractivity contribution in [3.8, 4) is 0 Å². The Labute approximate surface area is 116 Å². The maximum absolute atomic E-state index is 12.2. The van der Waals surface area contributed by atoms with E-state index in [2.05, 4.69) is 15.3 Å². The van der Waals surface area contributed by atoms with Crippen LogP contribution in [0.15, 0.2) is 24.3 Å². The average molecular weight is 272 g/mol. The second-order valence-corrected chi connectivity index (χ2v) is 5.10. The zero-order valence-electron chi connectivity index (χ0n) is 11.2. The molecule has 1 aromatic carbocycles. The molecule has 104 valence electrons. The van der Waals surface area contributed by atoms with Gasteiger partial charge in [-0.3, -0.25) is 14.9 Å². The van der Waals surface area contributed by atoms with Crippen molar-refractivity contribution in [2.45, 2.75) is 12.8 Å². The van der Waals surface area contributed by atoms with E-state index in [-0.39, 0.29) is 24.2 Å². The van der Waals surface area contributed by atoms with Gasteiger partial charge in [0.15, 0.2) is 0 Å². The topological polar surface area (TPSA) is 78.1 Å². The monoisotopic (exact) mass is 272 g/mol. The number of carbonyl (C=O) groups is 2. The molecule has 0 spiro atoms. The van der Waals surface area contributed by atoms with Gasteiger partial charge in [0.1, 0.15) is 0 Å². The Hall–Kier alpha value is -2.37. The first-order valence-electron chi connectivity index (χ1n) is 6.63. The summed E-state index contributed by atoms with van der Waals surface area (Å²) < 4.78 is 0. The van der Waals surface area contributed by atoms with Gasteiger partial charge >= 0.3 is 0 Å². The lowest BCUT2D eigenvalue weighted by molar-refractivity contribution is -0.137. The number of aromatic nitrogens is 2. The molecule has 6 nitrogen and oxygen atoms in total. The van der Waals surface area contributed by atoms with E-state index < -0.39 is 0 Å². The van der Waals surface area contributed by atoms with Crippen molar-refractivity contribution in [3.05, 3.63) is 24.3 Å². The Morgan fingerprint density at radius 3 is 3.00 bits per heavy atom. The molecule has 2 aromatic rings. The van der Waals surface area contributed by atoms with Crippen molar-refractivity contribution < 1.29 is 9.59 Å². The fourth-order valence-electron chi connectivity index (χ4n) is 2.40. The Morgan fingerprint density at radius 1 is 1.45 bits per heavy atom. The van der Waals surface area contributed by atoms with E-state index in [4.69, 9.17) is 0 Å². The smallest absolute Gasteiger partial charge is 0.230 e. The van der Waals surface area contributed by atoms with E-state index in [0.717, 1.165) is 11.0 Å². The summed E-state index contributed by atoms with van der Waals surface area (Å²) in [6.45, 7) is 0.622. The summed E-state index contributed by atoms with van der Waals surface area (Å²) in [6.07, 6.45) is 0.955.